The van der Waals surface area contributed by atoms with Crippen molar-refractivity contribution in [2.45, 2.75) is 50.2 Å². The Labute approximate surface area is 185 Å². The highest BCUT2D eigenvalue weighted by molar-refractivity contribution is 8.13. The van der Waals surface area contributed by atoms with Gasteiger partial charge in [0.25, 0.3) is 0 Å². The van der Waals surface area contributed by atoms with Crippen LogP contribution in [0.15, 0.2) is 0 Å². The van der Waals surface area contributed by atoms with Crippen molar-refractivity contribution in [3.05, 3.63) is 4.13 Å². The number of quaternary nitrogens is 1. The first kappa shape index (κ1) is 31.5. The van der Waals surface area contributed by atoms with Gasteiger partial charge in [0.2, 0.25) is 0 Å². The predicted octanol–water partition coefficient (Wildman–Crippen LogP) is 2.87. The Balaban J connectivity index is 0.000000607. The Bertz CT molecular complexity index is 766. The first-order valence-electron chi connectivity index (χ1n) is 8.94. The van der Waals surface area contributed by atoms with Gasteiger partial charge in [-0.25, -0.2) is 16.8 Å². The van der Waals surface area contributed by atoms with E-state index in [9.17, 15) is 43.2 Å². The molecule has 0 N–H and O–H groups in total. The van der Waals surface area contributed by atoms with Gasteiger partial charge in [-0.1, -0.05) is 0 Å². The molecule has 1 fully saturated rings. The van der Waals surface area contributed by atoms with Crippen molar-refractivity contribution in [1.29, 1.82) is 0 Å². The highest BCUT2D eigenvalue weighted by Crippen LogP contribution is 2.36. The molecule has 0 spiro atoms. The second-order valence-corrected chi connectivity index (χ2v) is 14.2. The monoisotopic (exact) mass is 542 g/mol. The van der Waals surface area contributed by atoms with Crippen molar-refractivity contribution in [2.24, 2.45) is 0 Å². The van der Waals surface area contributed by atoms with E-state index in [1.54, 1.807) is 21.3 Å². The third kappa shape index (κ3) is 7.50. The summed E-state index contributed by atoms with van der Waals surface area (Å²) in [6, 6.07) is 0. The van der Waals surface area contributed by atoms with Crippen LogP contribution in [0.5, 0.6) is 0 Å². The average Bonchev–Trinajstić information content (AvgIpc) is 3.07. The average molecular weight is 543 g/mol. The molecule has 0 atom stereocenters. The number of hydrogen-bond donors (Lipinski definition) is 0. The van der Waals surface area contributed by atoms with Crippen molar-refractivity contribution in [1.82, 2.24) is 0 Å². The van der Waals surface area contributed by atoms with Crippen LogP contribution in [0.1, 0.15) is 33.6 Å². The molecule has 32 heavy (non-hydrogen) atoms. The van der Waals surface area contributed by atoms with Crippen LogP contribution in [0.3, 0.4) is 0 Å². The summed E-state index contributed by atoms with van der Waals surface area (Å²) in [5.41, 5.74) is -12.2. The van der Waals surface area contributed by atoms with E-state index in [1.807, 2.05) is 0 Å². The van der Waals surface area contributed by atoms with Crippen molar-refractivity contribution < 1.29 is 60.9 Å². The Kier molecular flexibility index (Phi) is 10.2. The standard InChI is InChI=1S/C12H28NO3Si.C2F6NO4S2/c1-12(2,3)13(9-7-8-10-13)11-17(14-4,15-5)16-6;3-1(4,5)14(10,11)9-15(12,13)2(6,7)8/h7-11H2,1-6H3;/q+1;-1. The third-order valence-corrected chi connectivity index (χ3v) is 10.7. The minimum atomic E-state index is -6.72. The Morgan fingerprint density at radius 1 is 0.781 bits per heavy atom. The molecule has 0 radical (unpaired) electrons. The molecular weight excluding hydrogens is 514 g/mol. The van der Waals surface area contributed by atoms with Crippen molar-refractivity contribution in [3.63, 3.8) is 0 Å². The molecule has 1 saturated heterocycles. The fourth-order valence-electron chi connectivity index (χ4n) is 3.03. The molecular formula is C14H28F6N2O7S2Si. The number of alkyl halides is 6. The van der Waals surface area contributed by atoms with Crippen molar-refractivity contribution in [2.75, 3.05) is 40.6 Å². The Morgan fingerprint density at radius 2 is 1.09 bits per heavy atom. The lowest BCUT2D eigenvalue weighted by atomic mass is 10.0. The van der Waals surface area contributed by atoms with E-state index in [-0.39, 0.29) is 5.54 Å². The summed E-state index contributed by atoms with van der Waals surface area (Å²) in [6.45, 7) is 9.32. The molecule has 9 nitrogen and oxygen atoms in total. The molecule has 1 rings (SSSR count). The van der Waals surface area contributed by atoms with Gasteiger partial charge in [-0.3, -0.25) is 0 Å². The van der Waals surface area contributed by atoms with Crippen LogP contribution in [-0.4, -0.2) is 87.3 Å². The molecule has 1 aliphatic rings. The molecule has 1 aliphatic heterocycles. The quantitative estimate of drug-likeness (QED) is 0.276. The van der Waals surface area contributed by atoms with Crippen LogP contribution in [0, 0.1) is 0 Å². The topological polar surface area (TPSA) is 110 Å². The molecule has 0 unspecified atom stereocenters. The van der Waals surface area contributed by atoms with Gasteiger partial charge in [0, 0.05) is 34.2 Å². The molecule has 194 valence electrons. The lowest BCUT2D eigenvalue weighted by Gasteiger charge is -2.48. The first-order valence-corrected chi connectivity index (χ1v) is 13.7. The van der Waals surface area contributed by atoms with Gasteiger partial charge >= 0.3 is 19.8 Å². The summed E-state index contributed by atoms with van der Waals surface area (Å²) in [5.74, 6) is 0. The van der Waals surface area contributed by atoms with Crippen LogP contribution in [-0.2, 0) is 33.3 Å². The minimum absolute atomic E-state index is 0.213. The highest BCUT2D eigenvalue weighted by atomic mass is 32.3. The molecule has 0 saturated carbocycles. The van der Waals surface area contributed by atoms with E-state index < -0.39 is 39.9 Å². The number of nitrogens with zero attached hydrogens (tertiary/aromatic N) is 2. The molecule has 0 bridgehead atoms. The van der Waals surface area contributed by atoms with Gasteiger partial charge in [0.1, 0.15) is 6.17 Å². The zero-order chi connectivity index (χ0) is 25.9. The molecule has 18 heteroatoms. The zero-order valence-electron chi connectivity index (χ0n) is 18.4. The third-order valence-electron chi connectivity index (χ3n) is 5.06. The van der Waals surface area contributed by atoms with E-state index in [4.69, 9.17) is 13.3 Å². The predicted molar refractivity (Wildman–Crippen MR) is 104 cm³/mol. The Morgan fingerprint density at radius 3 is 1.31 bits per heavy atom. The second-order valence-electron chi connectivity index (χ2n) is 7.84. The number of likely N-dealkylation sites (tertiary alicyclic amines) is 1. The molecule has 0 aromatic rings. The van der Waals surface area contributed by atoms with Crippen LogP contribution in [0.4, 0.5) is 26.3 Å². The molecule has 0 aromatic heterocycles. The first-order chi connectivity index (χ1) is 14.1. The smallest absolute Gasteiger partial charge is 0.421 e. The van der Waals surface area contributed by atoms with Crippen molar-refractivity contribution >= 4 is 28.9 Å². The van der Waals surface area contributed by atoms with E-state index in [0.29, 0.717) is 0 Å². The maximum atomic E-state index is 11.4. The number of hydrogen-bond acceptors (Lipinski definition) is 7. The summed E-state index contributed by atoms with van der Waals surface area (Å²) in [5, 5.41) is 0. The summed E-state index contributed by atoms with van der Waals surface area (Å²) in [6.07, 6.45) is 3.46. The van der Waals surface area contributed by atoms with Crippen LogP contribution in [0.25, 0.3) is 4.13 Å². The van der Waals surface area contributed by atoms with Gasteiger partial charge < -0.3 is 21.9 Å². The van der Waals surface area contributed by atoms with Gasteiger partial charge in [-0.15, -0.1) is 0 Å². The van der Waals surface area contributed by atoms with E-state index in [1.165, 1.54) is 25.9 Å². The molecule has 1 heterocycles. The maximum absolute atomic E-state index is 11.4. The van der Waals surface area contributed by atoms with E-state index in [2.05, 4.69) is 20.8 Å². The van der Waals surface area contributed by atoms with Crippen LogP contribution < -0.4 is 0 Å². The van der Waals surface area contributed by atoms with Crippen LogP contribution >= 0.6 is 0 Å². The fraction of sp³-hybridized carbons (Fsp3) is 1.00. The second kappa shape index (κ2) is 10.4. The summed E-state index contributed by atoms with van der Waals surface area (Å²) < 4.78 is 127. The Hall–Kier alpha value is -0.503. The van der Waals surface area contributed by atoms with Gasteiger partial charge in [-0.05, 0) is 20.8 Å². The lowest BCUT2D eigenvalue weighted by Crippen LogP contribution is -2.67. The summed E-state index contributed by atoms with van der Waals surface area (Å²) >= 11 is 0. The van der Waals surface area contributed by atoms with Gasteiger partial charge in [-0.2, -0.15) is 26.3 Å². The summed E-state index contributed by atoms with van der Waals surface area (Å²) in [4.78, 5) is 0. The minimum Gasteiger partial charge on any atom is -0.421 e. The number of halogens is 6. The SMILES string of the molecule is CO[Si](C[N+]1(C(C)(C)C)CCCC1)(OC)OC.O=S(=O)([N-]S(=O)(=O)C(F)(F)F)C(F)(F)F. The fourth-order valence-corrected chi connectivity index (χ4v) is 7.16. The van der Waals surface area contributed by atoms with Crippen LogP contribution in [0.2, 0.25) is 0 Å². The van der Waals surface area contributed by atoms with E-state index in [0.717, 1.165) is 14.8 Å². The highest BCUT2D eigenvalue weighted by Gasteiger charge is 2.54. The molecule has 0 amide bonds. The van der Waals surface area contributed by atoms with Gasteiger partial charge in [0.15, 0.2) is 20.0 Å². The molecule has 0 aromatic carbocycles. The molecule has 0 aliphatic carbocycles. The number of rotatable bonds is 7. The zero-order valence-corrected chi connectivity index (χ0v) is 21.0. The van der Waals surface area contributed by atoms with E-state index >= 15 is 0 Å². The lowest BCUT2D eigenvalue weighted by molar-refractivity contribution is -0.953. The van der Waals surface area contributed by atoms with Crippen molar-refractivity contribution in [3.8, 4) is 0 Å². The maximum Gasteiger partial charge on any atom is 0.558 e. The summed E-state index contributed by atoms with van der Waals surface area (Å²) in [7, 11) is -10.8. The normalized spacial score (nSPS) is 18.2. The van der Waals surface area contributed by atoms with Gasteiger partial charge in [0.05, 0.1) is 18.6 Å². The number of sulfonamides is 2. The largest absolute Gasteiger partial charge is 0.558 e.